The van der Waals surface area contributed by atoms with Gasteiger partial charge >= 0.3 is 0 Å². The maximum Gasteiger partial charge on any atom is 0.258 e. The molecule has 0 spiro atoms. The van der Waals surface area contributed by atoms with Gasteiger partial charge < -0.3 is 14.6 Å². The summed E-state index contributed by atoms with van der Waals surface area (Å²) < 4.78 is 7.68. The zero-order chi connectivity index (χ0) is 21.8. The maximum atomic E-state index is 12.5. The Morgan fingerprint density at radius 2 is 1.94 bits per heavy atom. The molecule has 1 aliphatic rings. The van der Waals surface area contributed by atoms with Crippen LogP contribution in [0.2, 0.25) is 10.0 Å². The molecule has 7 heteroatoms. The normalized spacial score (nSPS) is 14.7. The zero-order valence-corrected chi connectivity index (χ0v) is 18.9. The van der Waals surface area contributed by atoms with Gasteiger partial charge in [-0.2, -0.15) is 0 Å². The number of hydrogen-bond donors (Lipinski definition) is 1. The molecule has 1 N–H and O–H groups in total. The minimum absolute atomic E-state index is 0.0661. The molecule has 1 amide bonds. The van der Waals surface area contributed by atoms with E-state index in [2.05, 4.69) is 45.1 Å². The van der Waals surface area contributed by atoms with Crippen LogP contribution in [-0.2, 0) is 24.8 Å². The number of amides is 1. The summed E-state index contributed by atoms with van der Waals surface area (Å²) in [7, 11) is 2.04. The number of fused-ring (bicyclic) bond motifs is 1. The molecule has 0 saturated heterocycles. The standard InChI is InChI=1S/C24H25Cl2N3O2/c1-28-11-4-7-21(28)22(29-12-10-17-5-2-3-6-18(17)15-29)14-27-24(30)16-31-23-9-8-19(25)13-20(23)26/h2-9,11,13,22H,10,12,14-16H2,1H3,(H,27,30)/t22-/m0/s1. The Kier molecular flexibility index (Phi) is 6.86. The van der Waals surface area contributed by atoms with Crippen LogP contribution in [0.3, 0.4) is 0 Å². The van der Waals surface area contributed by atoms with Gasteiger partial charge in [0, 0.05) is 43.6 Å². The van der Waals surface area contributed by atoms with Crippen molar-refractivity contribution >= 4 is 29.1 Å². The summed E-state index contributed by atoms with van der Waals surface area (Å²) in [5, 5.41) is 3.94. The number of nitrogens with zero attached hydrogens (tertiary/aromatic N) is 2. The molecule has 0 aliphatic carbocycles. The van der Waals surface area contributed by atoms with Crippen LogP contribution in [0.5, 0.6) is 5.75 Å². The Labute approximate surface area is 192 Å². The van der Waals surface area contributed by atoms with Crippen LogP contribution < -0.4 is 10.1 Å². The quantitative estimate of drug-likeness (QED) is 0.562. The van der Waals surface area contributed by atoms with Crippen molar-refractivity contribution < 1.29 is 9.53 Å². The van der Waals surface area contributed by atoms with Crippen LogP contribution in [0, 0.1) is 0 Å². The van der Waals surface area contributed by atoms with Gasteiger partial charge in [-0.25, -0.2) is 0 Å². The summed E-state index contributed by atoms with van der Waals surface area (Å²) in [5.74, 6) is 0.246. The van der Waals surface area contributed by atoms with Crippen LogP contribution in [0.25, 0.3) is 0 Å². The number of rotatable bonds is 7. The first-order chi connectivity index (χ1) is 15.0. The molecule has 0 bridgehead atoms. The zero-order valence-electron chi connectivity index (χ0n) is 17.4. The van der Waals surface area contributed by atoms with Gasteiger partial charge in [-0.1, -0.05) is 47.5 Å². The lowest BCUT2D eigenvalue weighted by Crippen LogP contribution is -2.42. The number of benzene rings is 2. The number of halogens is 2. The molecule has 3 aromatic rings. The average Bonchev–Trinajstić information content (AvgIpc) is 3.19. The summed E-state index contributed by atoms with van der Waals surface area (Å²) in [6.07, 6.45) is 3.04. The van der Waals surface area contributed by atoms with E-state index >= 15 is 0 Å². The predicted octanol–water partition coefficient (Wildman–Crippen LogP) is 4.63. The highest BCUT2D eigenvalue weighted by molar-refractivity contribution is 6.35. The summed E-state index contributed by atoms with van der Waals surface area (Å²) in [6, 6.07) is 17.7. The van der Waals surface area contributed by atoms with E-state index in [1.54, 1.807) is 18.2 Å². The van der Waals surface area contributed by atoms with Crippen LogP contribution in [0.1, 0.15) is 22.9 Å². The number of nitrogens with one attached hydrogen (secondary N) is 1. The summed E-state index contributed by atoms with van der Waals surface area (Å²) in [6.45, 7) is 2.19. The Morgan fingerprint density at radius 1 is 1.13 bits per heavy atom. The highest BCUT2D eigenvalue weighted by atomic mass is 35.5. The van der Waals surface area contributed by atoms with Gasteiger partial charge in [0.05, 0.1) is 11.1 Å². The number of carbonyl (C=O) groups is 1. The smallest absolute Gasteiger partial charge is 0.258 e. The van der Waals surface area contributed by atoms with Gasteiger partial charge in [0.1, 0.15) is 5.75 Å². The second-order valence-electron chi connectivity index (χ2n) is 7.72. The van der Waals surface area contributed by atoms with E-state index in [-0.39, 0.29) is 18.6 Å². The maximum absolute atomic E-state index is 12.5. The second-order valence-corrected chi connectivity index (χ2v) is 8.56. The minimum atomic E-state index is -0.192. The van der Waals surface area contributed by atoms with Gasteiger partial charge in [0.2, 0.25) is 0 Å². The monoisotopic (exact) mass is 457 g/mol. The topological polar surface area (TPSA) is 46.5 Å². The van der Waals surface area contributed by atoms with E-state index in [1.807, 2.05) is 19.3 Å². The van der Waals surface area contributed by atoms with Crippen molar-refractivity contribution in [1.82, 2.24) is 14.8 Å². The number of hydrogen-bond acceptors (Lipinski definition) is 3. The lowest BCUT2D eigenvalue weighted by atomic mass is 9.98. The first-order valence-electron chi connectivity index (χ1n) is 10.3. The molecule has 0 unspecified atom stereocenters. The molecule has 0 fully saturated rings. The lowest BCUT2D eigenvalue weighted by molar-refractivity contribution is -0.123. The molecule has 1 atom stereocenters. The van der Waals surface area contributed by atoms with Crippen LogP contribution >= 0.6 is 23.2 Å². The highest BCUT2D eigenvalue weighted by Gasteiger charge is 2.26. The van der Waals surface area contributed by atoms with Gasteiger partial charge in [0.15, 0.2) is 6.61 Å². The summed E-state index contributed by atoms with van der Waals surface area (Å²) in [5.41, 5.74) is 3.92. The van der Waals surface area contributed by atoms with Crippen molar-refractivity contribution in [3.8, 4) is 5.75 Å². The highest BCUT2D eigenvalue weighted by Crippen LogP contribution is 2.29. The third kappa shape index (κ3) is 5.24. The first-order valence-corrected chi connectivity index (χ1v) is 11.0. The van der Waals surface area contributed by atoms with Crippen molar-refractivity contribution in [3.63, 3.8) is 0 Å². The Morgan fingerprint density at radius 3 is 2.68 bits per heavy atom. The van der Waals surface area contributed by atoms with Crippen molar-refractivity contribution in [3.05, 3.63) is 87.7 Å². The fourth-order valence-electron chi connectivity index (χ4n) is 4.02. The van der Waals surface area contributed by atoms with E-state index in [1.165, 1.54) is 16.8 Å². The van der Waals surface area contributed by atoms with Crippen molar-refractivity contribution in [2.45, 2.75) is 19.0 Å². The lowest BCUT2D eigenvalue weighted by Gasteiger charge is -2.36. The molecular weight excluding hydrogens is 433 g/mol. The van der Waals surface area contributed by atoms with Gasteiger partial charge in [-0.05, 0) is 47.9 Å². The van der Waals surface area contributed by atoms with Gasteiger partial charge in [-0.15, -0.1) is 0 Å². The molecule has 0 radical (unpaired) electrons. The van der Waals surface area contributed by atoms with Crippen LogP contribution in [-0.4, -0.2) is 35.1 Å². The largest absolute Gasteiger partial charge is 0.482 e. The van der Waals surface area contributed by atoms with Crippen molar-refractivity contribution in [1.29, 1.82) is 0 Å². The summed E-state index contributed by atoms with van der Waals surface area (Å²) >= 11 is 12.0. The average molecular weight is 458 g/mol. The molecule has 2 aromatic carbocycles. The third-order valence-electron chi connectivity index (χ3n) is 5.67. The Hall–Kier alpha value is -2.47. The van der Waals surface area contributed by atoms with E-state index in [0.29, 0.717) is 22.3 Å². The number of carbonyl (C=O) groups excluding carboxylic acids is 1. The summed E-state index contributed by atoms with van der Waals surface area (Å²) in [4.78, 5) is 14.9. The molecule has 5 nitrogen and oxygen atoms in total. The van der Waals surface area contributed by atoms with E-state index in [9.17, 15) is 4.79 Å². The molecule has 0 saturated carbocycles. The van der Waals surface area contributed by atoms with Crippen molar-refractivity contribution in [2.24, 2.45) is 7.05 Å². The predicted molar refractivity (Wildman–Crippen MR) is 124 cm³/mol. The van der Waals surface area contributed by atoms with Crippen LogP contribution in [0.15, 0.2) is 60.8 Å². The second kappa shape index (κ2) is 9.77. The SMILES string of the molecule is Cn1cccc1[C@H](CNC(=O)COc1ccc(Cl)cc1Cl)N1CCc2ccccc2C1. The molecule has 4 rings (SSSR count). The molecular formula is C24H25Cl2N3O2. The fourth-order valence-corrected chi connectivity index (χ4v) is 4.48. The number of aryl methyl sites for hydroxylation is 1. The molecule has 2 heterocycles. The molecule has 1 aromatic heterocycles. The molecule has 1 aliphatic heterocycles. The minimum Gasteiger partial charge on any atom is -0.482 e. The van der Waals surface area contributed by atoms with E-state index < -0.39 is 0 Å². The first kappa shape index (κ1) is 21.8. The Bertz CT molecular complexity index is 1070. The van der Waals surface area contributed by atoms with Gasteiger partial charge in [-0.3, -0.25) is 9.69 Å². The van der Waals surface area contributed by atoms with Crippen molar-refractivity contribution in [2.75, 3.05) is 19.7 Å². The third-order valence-corrected chi connectivity index (χ3v) is 6.20. The Balaban J connectivity index is 1.41. The van der Waals surface area contributed by atoms with E-state index in [0.717, 1.165) is 19.5 Å². The molecule has 31 heavy (non-hydrogen) atoms. The fraction of sp³-hybridized carbons (Fsp3) is 0.292. The van der Waals surface area contributed by atoms with Gasteiger partial charge in [0.25, 0.3) is 5.91 Å². The molecule has 162 valence electrons. The number of ether oxygens (including phenoxy) is 1. The number of aromatic nitrogens is 1. The van der Waals surface area contributed by atoms with E-state index in [4.69, 9.17) is 27.9 Å². The van der Waals surface area contributed by atoms with Crippen LogP contribution in [0.4, 0.5) is 0 Å².